The van der Waals surface area contributed by atoms with Gasteiger partial charge >= 0.3 is 0 Å². The van der Waals surface area contributed by atoms with Gasteiger partial charge in [0.1, 0.15) is 0 Å². The van der Waals surface area contributed by atoms with Crippen molar-refractivity contribution in [2.24, 2.45) is 0 Å². The van der Waals surface area contributed by atoms with Crippen LogP contribution in [0.1, 0.15) is 19.8 Å². The molecule has 1 fully saturated rings. The normalized spacial score (nSPS) is 14.0. The lowest BCUT2D eigenvalue weighted by molar-refractivity contribution is 0.601. The minimum atomic E-state index is -3.88. The average molecular weight is 473 g/mol. The number of benzene rings is 2. The predicted octanol–water partition coefficient (Wildman–Crippen LogP) is 4.70. The number of sulfonamides is 1. The number of thiocarbonyl (C=S) groups is 1. The van der Waals surface area contributed by atoms with E-state index in [1.165, 1.54) is 6.07 Å². The van der Waals surface area contributed by atoms with Crippen LogP contribution in [0.3, 0.4) is 0 Å². The first-order valence-electron chi connectivity index (χ1n) is 9.22. The third kappa shape index (κ3) is 5.45. The highest BCUT2D eigenvalue weighted by Crippen LogP contribution is 2.33. The van der Waals surface area contributed by atoms with Crippen LogP contribution in [0.2, 0.25) is 10.0 Å². The van der Waals surface area contributed by atoms with E-state index in [1.54, 1.807) is 30.3 Å². The lowest BCUT2D eigenvalue weighted by atomic mass is 10.2. The second-order valence-corrected chi connectivity index (χ2v) is 9.52. The Hall–Kier alpha value is -1.74. The Morgan fingerprint density at radius 2 is 1.83 bits per heavy atom. The maximum Gasteiger partial charge on any atom is 0.262 e. The summed E-state index contributed by atoms with van der Waals surface area (Å²) in [5.74, 6) is 0. The molecular formula is C19H22Cl2N4O2S2. The van der Waals surface area contributed by atoms with E-state index in [-0.39, 0.29) is 15.6 Å². The van der Waals surface area contributed by atoms with Gasteiger partial charge in [-0.05, 0) is 68.4 Å². The van der Waals surface area contributed by atoms with Crippen LogP contribution in [0.25, 0.3) is 0 Å². The molecular weight excluding hydrogens is 451 g/mol. The van der Waals surface area contributed by atoms with Crippen molar-refractivity contribution in [2.45, 2.75) is 24.7 Å². The molecule has 1 aliphatic rings. The van der Waals surface area contributed by atoms with Crippen molar-refractivity contribution in [1.29, 1.82) is 0 Å². The van der Waals surface area contributed by atoms with E-state index in [4.69, 9.17) is 35.4 Å². The number of nitrogens with one attached hydrogen (secondary N) is 3. The summed E-state index contributed by atoms with van der Waals surface area (Å²) in [6.07, 6.45) is 2.21. The number of hydrogen-bond acceptors (Lipinski definition) is 4. The number of hydrogen-bond donors (Lipinski definition) is 3. The molecule has 0 saturated carbocycles. The molecule has 3 N–H and O–H groups in total. The molecule has 0 bridgehead atoms. The van der Waals surface area contributed by atoms with E-state index >= 15 is 0 Å². The molecule has 3 rings (SSSR count). The van der Waals surface area contributed by atoms with Gasteiger partial charge in [-0.2, -0.15) is 0 Å². The first-order chi connectivity index (χ1) is 13.8. The molecule has 1 saturated heterocycles. The van der Waals surface area contributed by atoms with Crippen molar-refractivity contribution in [3.8, 4) is 0 Å². The Kier molecular flexibility index (Phi) is 7.10. The molecule has 1 aliphatic heterocycles. The van der Waals surface area contributed by atoms with Crippen LogP contribution in [-0.4, -0.2) is 33.2 Å². The Morgan fingerprint density at radius 3 is 2.52 bits per heavy atom. The smallest absolute Gasteiger partial charge is 0.262 e. The topological polar surface area (TPSA) is 73.5 Å². The molecule has 0 aromatic heterocycles. The molecule has 156 valence electrons. The minimum absolute atomic E-state index is 0.0956. The van der Waals surface area contributed by atoms with Gasteiger partial charge in [0.05, 0.1) is 27.0 Å². The molecule has 0 spiro atoms. The third-order valence-corrected chi connectivity index (χ3v) is 6.66. The fourth-order valence-electron chi connectivity index (χ4n) is 3.12. The van der Waals surface area contributed by atoms with Crippen LogP contribution in [0, 0.1) is 0 Å². The van der Waals surface area contributed by atoms with Gasteiger partial charge in [-0.1, -0.05) is 23.2 Å². The molecule has 2 aromatic rings. The number of halogens is 2. The molecule has 0 radical (unpaired) electrons. The molecule has 0 unspecified atom stereocenters. The van der Waals surface area contributed by atoms with Gasteiger partial charge < -0.3 is 15.5 Å². The van der Waals surface area contributed by atoms with E-state index in [2.05, 4.69) is 20.3 Å². The van der Waals surface area contributed by atoms with Crippen molar-refractivity contribution < 1.29 is 8.42 Å². The second-order valence-electron chi connectivity index (χ2n) is 6.59. The Balaban J connectivity index is 1.95. The average Bonchev–Trinajstić information content (AvgIpc) is 3.19. The Bertz CT molecular complexity index is 1010. The van der Waals surface area contributed by atoms with E-state index in [9.17, 15) is 8.42 Å². The molecule has 29 heavy (non-hydrogen) atoms. The number of anilines is 3. The Labute approximate surface area is 186 Å². The summed E-state index contributed by atoms with van der Waals surface area (Å²) in [5, 5.41) is 7.24. The van der Waals surface area contributed by atoms with Crippen molar-refractivity contribution in [1.82, 2.24) is 5.32 Å². The molecule has 2 aromatic carbocycles. The zero-order chi connectivity index (χ0) is 21.0. The standard InChI is InChI=1S/C19H22Cl2N4O2S2/c1-2-22-19(28)23-17-12-14(6-8-18(17)25-9-3-4-10-25)29(26,27)24-16-11-13(20)5-7-15(16)21/h5-8,11-12,24H,2-4,9-10H2,1H3,(H2,22,23,28). The van der Waals surface area contributed by atoms with Crippen LogP contribution in [0.5, 0.6) is 0 Å². The summed E-state index contributed by atoms with van der Waals surface area (Å²) in [6.45, 7) is 4.45. The predicted molar refractivity (Wildman–Crippen MR) is 125 cm³/mol. The molecule has 0 aliphatic carbocycles. The molecule has 6 nitrogen and oxygen atoms in total. The van der Waals surface area contributed by atoms with E-state index in [0.717, 1.165) is 31.6 Å². The highest BCUT2D eigenvalue weighted by molar-refractivity contribution is 7.92. The SMILES string of the molecule is CCNC(=S)Nc1cc(S(=O)(=O)Nc2cc(Cl)ccc2Cl)ccc1N1CCCC1. The van der Waals surface area contributed by atoms with Crippen molar-refractivity contribution in [3.05, 3.63) is 46.4 Å². The molecule has 0 amide bonds. The fourth-order valence-corrected chi connectivity index (χ4v) is 4.87. The number of rotatable bonds is 6. The van der Waals surface area contributed by atoms with Gasteiger partial charge in [-0.25, -0.2) is 8.42 Å². The van der Waals surface area contributed by atoms with Crippen LogP contribution in [0.4, 0.5) is 17.1 Å². The van der Waals surface area contributed by atoms with Crippen LogP contribution in [-0.2, 0) is 10.0 Å². The van der Waals surface area contributed by atoms with Gasteiger partial charge in [0, 0.05) is 24.7 Å². The van der Waals surface area contributed by atoms with Crippen molar-refractivity contribution in [2.75, 3.05) is 34.6 Å². The van der Waals surface area contributed by atoms with Gasteiger partial charge in [-0.15, -0.1) is 0 Å². The lowest BCUT2D eigenvalue weighted by Gasteiger charge is -2.23. The summed E-state index contributed by atoms with van der Waals surface area (Å²) in [5.41, 5.74) is 1.78. The number of nitrogens with zero attached hydrogens (tertiary/aromatic N) is 1. The van der Waals surface area contributed by atoms with Gasteiger partial charge in [0.2, 0.25) is 0 Å². The summed E-state index contributed by atoms with van der Waals surface area (Å²) in [7, 11) is -3.88. The van der Waals surface area contributed by atoms with Gasteiger partial charge in [-0.3, -0.25) is 4.72 Å². The van der Waals surface area contributed by atoms with Crippen molar-refractivity contribution in [3.63, 3.8) is 0 Å². The van der Waals surface area contributed by atoms with E-state index in [1.807, 2.05) is 6.92 Å². The Morgan fingerprint density at radius 1 is 1.10 bits per heavy atom. The van der Waals surface area contributed by atoms with Crippen LogP contribution in [0.15, 0.2) is 41.3 Å². The van der Waals surface area contributed by atoms with Crippen LogP contribution < -0.4 is 20.3 Å². The monoisotopic (exact) mass is 472 g/mol. The molecule has 10 heteroatoms. The fraction of sp³-hybridized carbons (Fsp3) is 0.316. The summed E-state index contributed by atoms with van der Waals surface area (Å²) < 4.78 is 28.4. The largest absolute Gasteiger partial charge is 0.370 e. The second kappa shape index (κ2) is 9.38. The maximum atomic E-state index is 13.0. The minimum Gasteiger partial charge on any atom is -0.370 e. The zero-order valence-corrected chi connectivity index (χ0v) is 19.0. The first-order valence-corrected chi connectivity index (χ1v) is 11.9. The quantitative estimate of drug-likeness (QED) is 0.529. The summed E-state index contributed by atoms with van der Waals surface area (Å²) >= 11 is 17.4. The maximum absolute atomic E-state index is 13.0. The lowest BCUT2D eigenvalue weighted by Crippen LogP contribution is -2.29. The summed E-state index contributed by atoms with van der Waals surface area (Å²) in [4.78, 5) is 2.31. The third-order valence-electron chi connectivity index (χ3n) is 4.48. The summed E-state index contributed by atoms with van der Waals surface area (Å²) in [6, 6.07) is 9.57. The zero-order valence-electron chi connectivity index (χ0n) is 15.8. The van der Waals surface area contributed by atoms with Crippen LogP contribution >= 0.6 is 35.4 Å². The highest BCUT2D eigenvalue weighted by atomic mass is 35.5. The van der Waals surface area contributed by atoms with Gasteiger partial charge in [0.25, 0.3) is 10.0 Å². The van der Waals surface area contributed by atoms with Gasteiger partial charge in [0.15, 0.2) is 5.11 Å². The van der Waals surface area contributed by atoms with E-state index < -0.39 is 10.0 Å². The molecule has 0 atom stereocenters. The van der Waals surface area contributed by atoms with Crippen molar-refractivity contribution >= 4 is 67.6 Å². The molecule has 1 heterocycles. The van der Waals surface area contributed by atoms with E-state index in [0.29, 0.717) is 22.4 Å². The highest BCUT2D eigenvalue weighted by Gasteiger charge is 2.21. The first kappa shape index (κ1) is 22.0.